The number of nitrogens with two attached hydrogens (primary N) is 1. The van der Waals surface area contributed by atoms with Gasteiger partial charge in [-0.05, 0) is 30.2 Å². The summed E-state index contributed by atoms with van der Waals surface area (Å²) in [4.78, 5) is 0. The molecule has 2 rings (SSSR count). The summed E-state index contributed by atoms with van der Waals surface area (Å²) in [5.41, 5.74) is 6.91. The molecule has 1 saturated carbocycles. The lowest BCUT2D eigenvalue weighted by atomic mass is 9.69. The predicted molar refractivity (Wildman–Crippen MR) is 58.9 cm³/mol. The third-order valence-corrected chi connectivity index (χ3v) is 3.37. The SMILES string of the molecule is Cc1cc(Br)ccc1C1(N)CC(F)(F)C1. The van der Waals surface area contributed by atoms with Gasteiger partial charge in [0.1, 0.15) is 0 Å². The molecule has 0 unspecified atom stereocenters. The van der Waals surface area contributed by atoms with Crippen molar-refractivity contribution in [2.75, 3.05) is 0 Å². The summed E-state index contributed by atoms with van der Waals surface area (Å²) in [6, 6.07) is 5.57. The van der Waals surface area contributed by atoms with Crippen molar-refractivity contribution in [2.24, 2.45) is 5.73 Å². The number of alkyl halides is 2. The maximum Gasteiger partial charge on any atom is 0.252 e. The Balaban J connectivity index is 2.32. The van der Waals surface area contributed by atoms with Crippen LogP contribution < -0.4 is 5.73 Å². The van der Waals surface area contributed by atoms with E-state index in [4.69, 9.17) is 5.73 Å². The predicted octanol–water partition coefficient (Wildman–Crippen LogP) is 3.34. The first-order valence-electron chi connectivity index (χ1n) is 4.76. The van der Waals surface area contributed by atoms with E-state index in [1.54, 1.807) is 0 Å². The van der Waals surface area contributed by atoms with Crippen LogP contribution in [0.4, 0.5) is 8.78 Å². The molecule has 0 spiro atoms. The summed E-state index contributed by atoms with van der Waals surface area (Å²) in [5.74, 6) is -2.59. The summed E-state index contributed by atoms with van der Waals surface area (Å²) in [5, 5.41) is 0. The van der Waals surface area contributed by atoms with Gasteiger partial charge in [0.25, 0.3) is 5.92 Å². The third kappa shape index (κ3) is 1.93. The molecule has 1 fully saturated rings. The van der Waals surface area contributed by atoms with Gasteiger partial charge in [-0.1, -0.05) is 22.0 Å². The van der Waals surface area contributed by atoms with Gasteiger partial charge in [-0.25, -0.2) is 8.78 Å². The van der Waals surface area contributed by atoms with Gasteiger partial charge in [0.2, 0.25) is 0 Å². The number of halogens is 3. The van der Waals surface area contributed by atoms with E-state index in [0.29, 0.717) is 0 Å². The van der Waals surface area contributed by atoms with E-state index in [9.17, 15) is 8.78 Å². The first-order chi connectivity index (χ1) is 6.82. The molecule has 82 valence electrons. The normalized spacial score (nSPS) is 22.2. The second kappa shape index (κ2) is 3.25. The number of hydrogen-bond donors (Lipinski definition) is 1. The first kappa shape index (κ1) is 11.0. The molecule has 0 atom stereocenters. The summed E-state index contributed by atoms with van der Waals surface area (Å²) in [6.07, 6.45) is -0.495. The van der Waals surface area contributed by atoms with Gasteiger partial charge in [-0.15, -0.1) is 0 Å². The highest BCUT2D eigenvalue weighted by atomic mass is 79.9. The van der Waals surface area contributed by atoms with E-state index in [1.165, 1.54) is 0 Å². The van der Waals surface area contributed by atoms with Crippen molar-refractivity contribution in [3.63, 3.8) is 0 Å². The Morgan fingerprint density at radius 3 is 2.40 bits per heavy atom. The van der Waals surface area contributed by atoms with Crippen molar-refractivity contribution in [1.82, 2.24) is 0 Å². The third-order valence-electron chi connectivity index (χ3n) is 2.87. The molecule has 0 bridgehead atoms. The van der Waals surface area contributed by atoms with Crippen LogP contribution in [-0.4, -0.2) is 5.92 Å². The van der Waals surface area contributed by atoms with E-state index < -0.39 is 11.5 Å². The van der Waals surface area contributed by atoms with Crippen LogP contribution in [0.1, 0.15) is 24.0 Å². The van der Waals surface area contributed by atoms with Crippen LogP contribution in [0.15, 0.2) is 22.7 Å². The number of aryl methyl sites for hydroxylation is 1. The average Bonchev–Trinajstić information content (AvgIpc) is 1.98. The molecular formula is C11H12BrF2N. The van der Waals surface area contributed by atoms with Crippen molar-refractivity contribution in [1.29, 1.82) is 0 Å². The van der Waals surface area contributed by atoms with Gasteiger partial charge >= 0.3 is 0 Å². The standard InChI is InChI=1S/C11H12BrF2N/c1-7-4-8(12)2-3-9(7)10(15)5-11(13,14)6-10/h2-4H,5-6,15H2,1H3. The summed E-state index contributed by atoms with van der Waals surface area (Å²) in [6.45, 7) is 1.89. The molecule has 15 heavy (non-hydrogen) atoms. The van der Waals surface area contributed by atoms with E-state index in [-0.39, 0.29) is 12.8 Å². The highest BCUT2D eigenvalue weighted by molar-refractivity contribution is 9.10. The number of hydrogen-bond acceptors (Lipinski definition) is 1. The Kier molecular flexibility index (Phi) is 2.39. The van der Waals surface area contributed by atoms with Crippen LogP contribution in [0.25, 0.3) is 0 Å². The Hall–Kier alpha value is -0.480. The number of rotatable bonds is 1. The molecule has 1 aliphatic carbocycles. The fourth-order valence-electron chi connectivity index (χ4n) is 2.25. The zero-order valence-electron chi connectivity index (χ0n) is 8.36. The minimum atomic E-state index is -2.59. The first-order valence-corrected chi connectivity index (χ1v) is 5.55. The van der Waals surface area contributed by atoms with Crippen LogP contribution in [0.5, 0.6) is 0 Å². The van der Waals surface area contributed by atoms with Crippen LogP contribution in [0, 0.1) is 6.92 Å². The minimum absolute atomic E-state index is 0.248. The van der Waals surface area contributed by atoms with Gasteiger partial charge in [-0.3, -0.25) is 0 Å². The van der Waals surface area contributed by atoms with Gasteiger partial charge in [0.15, 0.2) is 0 Å². The fourth-order valence-corrected chi connectivity index (χ4v) is 2.72. The number of benzene rings is 1. The molecule has 0 aromatic heterocycles. The molecule has 0 saturated heterocycles. The van der Waals surface area contributed by atoms with Crippen LogP contribution in [-0.2, 0) is 5.54 Å². The molecule has 1 nitrogen and oxygen atoms in total. The lowest BCUT2D eigenvalue weighted by molar-refractivity contribution is -0.125. The lowest BCUT2D eigenvalue weighted by Crippen LogP contribution is -2.55. The minimum Gasteiger partial charge on any atom is -0.321 e. The maximum absolute atomic E-state index is 12.8. The maximum atomic E-state index is 12.8. The zero-order valence-corrected chi connectivity index (χ0v) is 9.94. The van der Waals surface area contributed by atoms with Crippen LogP contribution in [0.2, 0.25) is 0 Å². The Bertz CT molecular complexity index is 396. The molecule has 1 aromatic rings. The largest absolute Gasteiger partial charge is 0.321 e. The van der Waals surface area contributed by atoms with Crippen molar-refractivity contribution in [3.05, 3.63) is 33.8 Å². The molecule has 1 aromatic carbocycles. The quantitative estimate of drug-likeness (QED) is 0.836. The van der Waals surface area contributed by atoms with Gasteiger partial charge in [0, 0.05) is 17.3 Å². The van der Waals surface area contributed by atoms with Crippen molar-refractivity contribution in [3.8, 4) is 0 Å². The van der Waals surface area contributed by atoms with Crippen molar-refractivity contribution >= 4 is 15.9 Å². The lowest BCUT2D eigenvalue weighted by Gasteiger charge is -2.45. The average molecular weight is 276 g/mol. The molecule has 0 aliphatic heterocycles. The Morgan fingerprint density at radius 2 is 1.93 bits per heavy atom. The molecular weight excluding hydrogens is 264 g/mol. The second-order valence-corrected chi connectivity index (χ2v) is 5.24. The molecule has 1 aliphatic rings. The highest BCUT2D eigenvalue weighted by Gasteiger charge is 2.55. The van der Waals surface area contributed by atoms with E-state index >= 15 is 0 Å². The zero-order chi connectivity index (χ0) is 11.3. The molecule has 4 heteroatoms. The van der Waals surface area contributed by atoms with Crippen LogP contribution >= 0.6 is 15.9 Å². The summed E-state index contributed by atoms with van der Waals surface area (Å²) < 4.78 is 26.6. The van der Waals surface area contributed by atoms with Crippen molar-refractivity contribution in [2.45, 2.75) is 31.2 Å². The van der Waals surface area contributed by atoms with E-state index in [1.807, 2.05) is 25.1 Å². The monoisotopic (exact) mass is 275 g/mol. The summed E-state index contributed by atoms with van der Waals surface area (Å²) in [7, 11) is 0. The van der Waals surface area contributed by atoms with E-state index in [0.717, 1.165) is 15.6 Å². The molecule has 0 radical (unpaired) electrons. The molecule has 0 heterocycles. The fraction of sp³-hybridized carbons (Fsp3) is 0.455. The van der Waals surface area contributed by atoms with Crippen molar-refractivity contribution < 1.29 is 8.78 Å². The Morgan fingerprint density at radius 1 is 1.33 bits per heavy atom. The topological polar surface area (TPSA) is 26.0 Å². The Labute approximate surface area is 95.8 Å². The smallest absolute Gasteiger partial charge is 0.252 e. The van der Waals surface area contributed by atoms with Gasteiger partial charge in [0.05, 0.1) is 5.54 Å². The molecule has 2 N–H and O–H groups in total. The van der Waals surface area contributed by atoms with Gasteiger partial charge < -0.3 is 5.73 Å². The second-order valence-electron chi connectivity index (χ2n) is 4.32. The highest BCUT2D eigenvalue weighted by Crippen LogP contribution is 2.50. The van der Waals surface area contributed by atoms with E-state index in [2.05, 4.69) is 15.9 Å². The summed E-state index contributed by atoms with van der Waals surface area (Å²) >= 11 is 3.34. The van der Waals surface area contributed by atoms with Gasteiger partial charge in [-0.2, -0.15) is 0 Å². The van der Waals surface area contributed by atoms with Crippen LogP contribution in [0.3, 0.4) is 0 Å². The molecule has 0 amide bonds.